The van der Waals surface area contributed by atoms with Gasteiger partial charge in [-0.05, 0) is 31.4 Å². The molecule has 1 amide bonds. The molecule has 1 heterocycles. The molecule has 0 spiro atoms. The Morgan fingerprint density at radius 2 is 1.84 bits per heavy atom. The zero-order chi connectivity index (χ0) is 17.7. The minimum absolute atomic E-state index is 0.0693. The van der Waals surface area contributed by atoms with Crippen molar-refractivity contribution < 1.29 is 9.90 Å². The average Bonchev–Trinajstić information content (AvgIpc) is 2.88. The SMILES string of the molecule is N#Cc1ccccc1N1CCCN(C(=O)CC2(O)CCCCC2)CC1. The number of hydrogen-bond donors (Lipinski definition) is 1. The summed E-state index contributed by atoms with van der Waals surface area (Å²) in [7, 11) is 0. The second kappa shape index (κ2) is 7.88. The van der Waals surface area contributed by atoms with Crippen molar-refractivity contribution in [3.63, 3.8) is 0 Å². The summed E-state index contributed by atoms with van der Waals surface area (Å²) >= 11 is 0. The Hall–Kier alpha value is -2.06. The first kappa shape index (κ1) is 17.8. The number of nitriles is 1. The molecule has 1 aromatic rings. The van der Waals surface area contributed by atoms with Crippen LogP contribution in [0.3, 0.4) is 0 Å². The van der Waals surface area contributed by atoms with Crippen LogP contribution in [0.1, 0.15) is 50.5 Å². The van der Waals surface area contributed by atoms with Crippen LogP contribution in [0.5, 0.6) is 0 Å². The molecule has 5 heteroatoms. The fourth-order valence-corrected chi connectivity index (χ4v) is 4.03. The minimum Gasteiger partial charge on any atom is -0.389 e. The number of anilines is 1. The molecule has 1 saturated carbocycles. The molecular weight excluding hydrogens is 314 g/mol. The van der Waals surface area contributed by atoms with Crippen molar-refractivity contribution >= 4 is 11.6 Å². The Morgan fingerprint density at radius 1 is 1.08 bits per heavy atom. The molecule has 2 aliphatic rings. The van der Waals surface area contributed by atoms with Gasteiger partial charge in [-0.1, -0.05) is 31.4 Å². The molecule has 1 aromatic carbocycles. The number of amides is 1. The van der Waals surface area contributed by atoms with Crippen LogP contribution < -0.4 is 4.90 Å². The third kappa shape index (κ3) is 4.32. The van der Waals surface area contributed by atoms with Crippen molar-refractivity contribution in [2.24, 2.45) is 0 Å². The minimum atomic E-state index is -0.797. The molecule has 1 saturated heterocycles. The summed E-state index contributed by atoms with van der Waals surface area (Å²) in [6, 6.07) is 9.88. The van der Waals surface area contributed by atoms with Crippen LogP contribution >= 0.6 is 0 Å². The molecular formula is C20H27N3O2. The van der Waals surface area contributed by atoms with Crippen molar-refractivity contribution in [2.75, 3.05) is 31.1 Å². The maximum atomic E-state index is 12.7. The Kier molecular flexibility index (Phi) is 5.60. The highest BCUT2D eigenvalue weighted by Crippen LogP contribution is 2.31. The predicted octanol–water partition coefficient (Wildman–Crippen LogP) is 2.68. The molecule has 1 N–H and O–H groups in total. The lowest BCUT2D eigenvalue weighted by Crippen LogP contribution is -2.42. The fourth-order valence-electron chi connectivity index (χ4n) is 4.03. The molecule has 2 fully saturated rings. The third-order valence-electron chi connectivity index (χ3n) is 5.48. The molecule has 3 rings (SSSR count). The number of para-hydroxylation sites is 1. The second-order valence-electron chi connectivity index (χ2n) is 7.31. The first-order valence-electron chi connectivity index (χ1n) is 9.36. The molecule has 0 radical (unpaired) electrons. The van der Waals surface area contributed by atoms with E-state index in [-0.39, 0.29) is 12.3 Å². The van der Waals surface area contributed by atoms with Crippen LogP contribution in [0.25, 0.3) is 0 Å². The Morgan fingerprint density at radius 3 is 2.60 bits per heavy atom. The summed E-state index contributed by atoms with van der Waals surface area (Å²) < 4.78 is 0. The molecule has 134 valence electrons. The number of rotatable bonds is 3. The summed E-state index contributed by atoms with van der Waals surface area (Å²) in [4.78, 5) is 16.8. The maximum absolute atomic E-state index is 12.7. The summed E-state index contributed by atoms with van der Waals surface area (Å²) in [6.07, 6.45) is 5.81. The van der Waals surface area contributed by atoms with E-state index in [0.29, 0.717) is 12.1 Å². The van der Waals surface area contributed by atoms with E-state index in [1.54, 1.807) is 0 Å². The number of carbonyl (C=O) groups is 1. The number of aliphatic hydroxyl groups is 1. The third-order valence-corrected chi connectivity index (χ3v) is 5.48. The summed E-state index contributed by atoms with van der Waals surface area (Å²) in [5.74, 6) is 0.0693. The Bertz CT molecular complexity index is 647. The molecule has 1 aliphatic carbocycles. The number of benzene rings is 1. The van der Waals surface area contributed by atoms with Gasteiger partial charge in [0.1, 0.15) is 6.07 Å². The van der Waals surface area contributed by atoms with E-state index < -0.39 is 5.60 Å². The Balaban J connectivity index is 1.61. The van der Waals surface area contributed by atoms with Crippen LogP contribution in [0.4, 0.5) is 5.69 Å². The highest BCUT2D eigenvalue weighted by molar-refractivity contribution is 5.77. The van der Waals surface area contributed by atoms with Crippen LogP contribution in [0, 0.1) is 11.3 Å². The maximum Gasteiger partial charge on any atom is 0.225 e. The molecule has 0 bridgehead atoms. The van der Waals surface area contributed by atoms with Crippen molar-refractivity contribution in [1.82, 2.24) is 4.90 Å². The van der Waals surface area contributed by atoms with Crippen molar-refractivity contribution in [3.05, 3.63) is 29.8 Å². The number of carbonyl (C=O) groups excluding carboxylic acids is 1. The van der Waals surface area contributed by atoms with Crippen LogP contribution in [-0.4, -0.2) is 47.7 Å². The van der Waals surface area contributed by atoms with Gasteiger partial charge in [-0.15, -0.1) is 0 Å². The number of hydrogen-bond acceptors (Lipinski definition) is 4. The van der Waals surface area contributed by atoms with Crippen molar-refractivity contribution in [2.45, 2.75) is 50.5 Å². The summed E-state index contributed by atoms with van der Waals surface area (Å²) in [5, 5.41) is 19.9. The first-order chi connectivity index (χ1) is 12.1. The summed E-state index contributed by atoms with van der Waals surface area (Å²) in [6.45, 7) is 2.93. The van der Waals surface area contributed by atoms with Crippen LogP contribution in [-0.2, 0) is 4.79 Å². The molecule has 0 aromatic heterocycles. The van der Waals surface area contributed by atoms with E-state index in [1.165, 1.54) is 0 Å². The van der Waals surface area contributed by atoms with E-state index in [0.717, 1.165) is 63.8 Å². The van der Waals surface area contributed by atoms with Gasteiger partial charge >= 0.3 is 0 Å². The number of nitrogens with zero attached hydrogens (tertiary/aromatic N) is 3. The van der Waals surface area contributed by atoms with E-state index in [9.17, 15) is 15.2 Å². The lowest BCUT2D eigenvalue weighted by Gasteiger charge is -2.33. The van der Waals surface area contributed by atoms with Gasteiger partial charge in [0.25, 0.3) is 0 Å². The quantitative estimate of drug-likeness (QED) is 0.918. The van der Waals surface area contributed by atoms with Gasteiger partial charge in [-0.2, -0.15) is 5.26 Å². The van der Waals surface area contributed by atoms with Crippen molar-refractivity contribution in [1.29, 1.82) is 5.26 Å². The molecule has 0 unspecified atom stereocenters. The van der Waals surface area contributed by atoms with Gasteiger partial charge in [0.2, 0.25) is 5.91 Å². The predicted molar refractivity (Wildman–Crippen MR) is 97.2 cm³/mol. The highest BCUT2D eigenvalue weighted by Gasteiger charge is 2.33. The smallest absolute Gasteiger partial charge is 0.225 e. The average molecular weight is 341 g/mol. The first-order valence-corrected chi connectivity index (χ1v) is 9.36. The monoisotopic (exact) mass is 341 g/mol. The normalized spacial score (nSPS) is 20.6. The molecule has 1 aliphatic heterocycles. The van der Waals surface area contributed by atoms with Crippen LogP contribution in [0.15, 0.2) is 24.3 Å². The van der Waals surface area contributed by atoms with E-state index in [1.807, 2.05) is 29.2 Å². The van der Waals surface area contributed by atoms with E-state index in [2.05, 4.69) is 11.0 Å². The van der Waals surface area contributed by atoms with Crippen molar-refractivity contribution in [3.8, 4) is 6.07 Å². The van der Waals surface area contributed by atoms with Gasteiger partial charge in [0.05, 0.1) is 23.3 Å². The van der Waals surface area contributed by atoms with Gasteiger partial charge in [0.15, 0.2) is 0 Å². The molecule has 0 atom stereocenters. The fraction of sp³-hybridized carbons (Fsp3) is 0.600. The van der Waals surface area contributed by atoms with E-state index in [4.69, 9.17) is 0 Å². The summed E-state index contributed by atoms with van der Waals surface area (Å²) in [5.41, 5.74) is 0.832. The van der Waals surface area contributed by atoms with E-state index >= 15 is 0 Å². The molecule has 25 heavy (non-hydrogen) atoms. The largest absolute Gasteiger partial charge is 0.389 e. The lowest BCUT2D eigenvalue weighted by atomic mass is 9.82. The van der Waals surface area contributed by atoms with Gasteiger partial charge < -0.3 is 14.9 Å². The van der Waals surface area contributed by atoms with Gasteiger partial charge in [0, 0.05) is 26.2 Å². The topological polar surface area (TPSA) is 67.6 Å². The van der Waals surface area contributed by atoms with Gasteiger partial charge in [-0.3, -0.25) is 4.79 Å². The zero-order valence-electron chi connectivity index (χ0n) is 14.8. The lowest BCUT2D eigenvalue weighted by molar-refractivity contribution is -0.137. The van der Waals surface area contributed by atoms with Gasteiger partial charge in [-0.25, -0.2) is 0 Å². The molecule has 5 nitrogen and oxygen atoms in total. The van der Waals surface area contributed by atoms with Crippen LogP contribution in [0.2, 0.25) is 0 Å². The standard InChI is InChI=1S/C20H27N3O2/c21-16-17-7-2-3-8-18(17)22-11-6-12-23(14-13-22)19(24)15-20(25)9-4-1-5-10-20/h2-3,7-8,25H,1,4-6,9-15H2. The second-order valence-corrected chi connectivity index (χ2v) is 7.31. The zero-order valence-corrected chi connectivity index (χ0v) is 14.8. The highest BCUT2D eigenvalue weighted by atomic mass is 16.3. The Labute approximate surface area is 149 Å².